The second-order valence-corrected chi connectivity index (χ2v) is 5.25. The monoisotopic (exact) mass is 316 g/mol. The molecule has 0 atom stereocenters. The van der Waals surface area contributed by atoms with E-state index in [0.717, 1.165) is 35.7 Å². The van der Waals surface area contributed by atoms with Gasteiger partial charge in [0.2, 0.25) is 0 Å². The fourth-order valence-electron chi connectivity index (χ4n) is 2.80. The molecule has 3 rings (SSSR count). The molecule has 0 bridgehead atoms. The number of esters is 1. The maximum absolute atomic E-state index is 12.1. The fraction of sp³-hybridized carbons (Fsp3) is 0.353. The normalized spacial score (nSPS) is 14.6. The fourth-order valence-corrected chi connectivity index (χ4v) is 2.80. The van der Waals surface area contributed by atoms with Gasteiger partial charge in [0, 0.05) is 24.8 Å². The van der Waals surface area contributed by atoms with E-state index in [2.05, 4.69) is 9.88 Å². The molecule has 1 fully saturated rings. The van der Waals surface area contributed by atoms with Crippen molar-refractivity contribution in [3.05, 3.63) is 36.2 Å². The average Bonchev–Trinajstić information content (AvgIpc) is 3.07. The zero-order valence-electron chi connectivity index (χ0n) is 13.3. The summed E-state index contributed by atoms with van der Waals surface area (Å²) in [4.78, 5) is 17.3. The van der Waals surface area contributed by atoms with E-state index in [9.17, 15) is 4.79 Å². The molecule has 2 heterocycles. The summed E-state index contributed by atoms with van der Waals surface area (Å²) in [5.41, 5.74) is 3.25. The lowest BCUT2D eigenvalue weighted by molar-refractivity contribution is 0.0594. The number of rotatable bonds is 4. The van der Waals surface area contributed by atoms with Crippen LogP contribution in [-0.2, 0) is 9.47 Å². The third-order valence-electron chi connectivity index (χ3n) is 3.95. The van der Waals surface area contributed by atoms with Gasteiger partial charge < -0.3 is 24.1 Å². The maximum atomic E-state index is 12.1. The molecule has 2 aromatic rings. The molecule has 1 N–H and O–H groups in total. The summed E-state index contributed by atoms with van der Waals surface area (Å²) >= 11 is 0. The van der Waals surface area contributed by atoms with Crippen LogP contribution in [0.25, 0.3) is 11.1 Å². The first-order chi connectivity index (χ1) is 11.2. The number of H-pyrrole nitrogens is 1. The topological polar surface area (TPSA) is 63.8 Å². The van der Waals surface area contributed by atoms with Gasteiger partial charge in [-0.25, -0.2) is 4.79 Å². The minimum absolute atomic E-state index is 0.374. The molecule has 0 amide bonds. The number of methoxy groups -OCH3 is 2. The minimum atomic E-state index is -0.374. The van der Waals surface area contributed by atoms with Gasteiger partial charge in [0.25, 0.3) is 0 Å². The SMILES string of the molecule is COC(=O)c1[nH]cc(-c2cccc(OC)c2)c1N1CCOCC1. The van der Waals surface area contributed by atoms with Gasteiger partial charge in [-0.15, -0.1) is 0 Å². The Morgan fingerprint density at radius 2 is 2.04 bits per heavy atom. The number of carbonyl (C=O) groups is 1. The van der Waals surface area contributed by atoms with E-state index in [1.807, 2.05) is 30.5 Å². The minimum Gasteiger partial charge on any atom is -0.497 e. The van der Waals surface area contributed by atoms with E-state index in [4.69, 9.17) is 14.2 Å². The van der Waals surface area contributed by atoms with Gasteiger partial charge in [-0.1, -0.05) is 12.1 Å². The maximum Gasteiger partial charge on any atom is 0.356 e. The number of ether oxygens (including phenoxy) is 3. The molecule has 0 saturated carbocycles. The largest absolute Gasteiger partial charge is 0.497 e. The second kappa shape index (κ2) is 6.75. The van der Waals surface area contributed by atoms with Crippen molar-refractivity contribution in [3.63, 3.8) is 0 Å². The van der Waals surface area contributed by atoms with Crippen molar-refractivity contribution < 1.29 is 19.0 Å². The van der Waals surface area contributed by atoms with Gasteiger partial charge >= 0.3 is 5.97 Å². The number of nitrogens with zero attached hydrogens (tertiary/aromatic N) is 1. The summed E-state index contributed by atoms with van der Waals surface area (Å²) in [6, 6.07) is 7.78. The van der Waals surface area contributed by atoms with Gasteiger partial charge in [-0.2, -0.15) is 0 Å². The molecule has 6 heteroatoms. The lowest BCUT2D eigenvalue weighted by Gasteiger charge is -2.30. The quantitative estimate of drug-likeness (QED) is 0.877. The van der Waals surface area contributed by atoms with Crippen molar-refractivity contribution in [1.29, 1.82) is 0 Å². The van der Waals surface area contributed by atoms with Crippen molar-refractivity contribution in [1.82, 2.24) is 4.98 Å². The Labute approximate surface area is 135 Å². The molecule has 23 heavy (non-hydrogen) atoms. The zero-order valence-corrected chi connectivity index (χ0v) is 13.3. The number of benzene rings is 1. The van der Waals surface area contributed by atoms with Crippen molar-refractivity contribution in [2.24, 2.45) is 0 Å². The lowest BCUT2D eigenvalue weighted by Crippen LogP contribution is -2.37. The van der Waals surface area contributed by atoms with Gasteiger partial charge in [0.15, 0.2) is 0 Å². The Balaban J connectivity index is 2.08. The van der Waals surface area contributed by atoms with Gasteiger partial charge in [0.1, 0.15) is 11.4 Å². The smallest absolute Gasteiger partial charge is 0.356 e. The van der Waals surface area contributed by atoms with E-state index in [-0.39, 0.29) is 5.97 Å². The van der Waals surface area contributed by atoms with E-state index >= 15 is 0 Å². The molecule has 0 unspecified atom stereocenters. The highest BCUT2D eigenvalue weighted by Crippen LogP contribution is 2.36. The van der Waals surface area contributed by atoms with Crippen LogP contribution < -0.4 is 9.64 Å². The third kappa shape index (κ3) is 3.03. The average molecular weight is 316 g/mol. The summed E-state index contributed by atoms with van der Waals surface area (Å²) < 4.78 is 15.6. The van der Waals surface area contributed by atoms with E-state index in [0.29, 0.717) is 18.9 Å². The Hall–Kier alpha value is -2.47. The summed E-state index contributed by atoms with van der Waals surface area (Å²) in [6.07, 6.45) is 1.84. The number of hydrogen-bond donors (Lipinski definition) is 1. The van der Waals surface area contributed by atoms with Gasteiger partial charge in [-0.05, 0) is 17.7 Å². The number of aromatic nitrogens is 1. The van der Waals surface area contributed by atoms with Crippen LogP contribution in [0.15, 0.2) is 30.5 Å². The first-order valence-electron chi connectivity index (χ1n) is 7.51. The summed E-state index contributed by atoms with van der Waals surface area (Å²) in [7, 11) is 3.02. The standard InChI is InChI=1S/C17H20N2O4/c1-21-13-5-3-4-12(10-13)14-11-18-15(17(20)22-2)16(14)19-6-8-23-9-7-19/h3-5,10-11,18H,6-9H2,1-2H3. The van der Waals surface area contributed by atoms with E-state index < -0.39 is 0 Å². The van der Waals surface area contributed by atoms with Crippen LogP contribution in [0.2, 0.25) is 0 Å². The van der Waals surface area contributed by atoms with Crippen LogP contribution in [0.1, 0.15) is 10.5 Å². The molecule has 0 aliphatic carbocycles. The molecule has 1 saturated heterocycles. The lowest BCUT2D eigenvalue weighted by atomic mass is 10.1. The summed E-state index contributed by atoms with van der Waals surface area (Å²) in [6.45, 7) is 2.75. The van der Waals surface area contributed by atoms with Crippen LogP contribution in [-0.4, -0.2) is 51.5 Å². The van der Waals surface area contributed by atoms with Gasteiger partial charge in [-0.3, -0.25) is 0 Å². The summed E-state index contributed by atoms with van der Waals surface area (Å²) in [5.74, 6) is 0.400. The Morgan fingerprint density at radius 1 is 1.26 bits per heavy atom. The highest BCUT2D eigenvalue weighted by molar-refractivity contribution is 5.99. The van der Waals surface area contributed by atoms with E-state index in [1.165, 1.54) is 7.11 Å². The number of carbonyl (C=O) groups excluding carboxylic acids is 1. The molecule has 122 valence electrons. The van der Waals surface area contributed by atoms with Gasteiger partial charge in [0.05, 0.1) is 33.1 Å². The molecular weight excluding hydrogens is 296 g/mol. The number of morpholine rings is 1. The predicted molar refractivity (Wildman–Crippen MR) is 87.2 cm³/mol. The molecule has 0 spiro atoms. The van der Waals surface area contributed by atoms with Crippen LogP contribution in [0.5, 0.6) is 5.75 Å². The number of hydrogen-bond acceptors (Lipinski definition) is 5. The molecular formula is C17H20N2O4. The number of nitrogens with one attached hydrogen (secondary N) is 1. The number of aromatic amines is 1. The predicted octanol–water partition coefficient (Wildman–Crippen LogP) is 2.31. The Bertz CT molecular complexity index is 690. The second-order valence-electron chi connectivity index (χ2n) is 5.25. The third-order valence-corrected chi connectivity index (χ3v) is 3.95. The van der Waals surface area contributed by atoms with E-state index in [1.54, 1.807) is 7.11 Å². The molecule has 1 aromatic heterocycles. The molecule has 6 nitrogen and oxygen atoms in total. The highest BCUT2D eigenvalue weighted by atomic mass is 16.5. The first kappa shape index (κ1) is 15.4. The Morgan fingerprint density at radius 3 is 2.74 bits per heavy atom. The van der Waals surface area contributed by atoms with Crippen LogP contribution in [0, 0.1) is 0 Å². The zero-order chi connectivity index (χ0) is 16.2. The molecule has 1 aromatic carbocycles. The van der Waals surface area contributed by atoms with Crippen molar-refractivity contribution in [3.8, 4) is 16.9 Å². The molecule has 1 aliphatic rings. The van der Waals surface area contributed by atoms with Crippen LogP contribution in [0.3, 0.4) is 0 Å². The molecule has 0 radical (unpaired) electrons. The Kier molecular flexibility index (Phi) is 4.52. The first-order valence-corrected chi connectivity index (χ1v) is 7.51. The van der Waals surface area contributed by atoms with Crippen molar-refractivity contribution >= 4 is 11.7 Å². The van der Waals surface area contributed by atoms with Crippen molar-refractivity contribution in [2.45, 2.75) is 0 Å². The summed E-state index contributed by atoms with van der Waals surface area (Å²) in [5, 5.41) is 0. The molecule has 1 aliphatic heterocycles. The number of anilines is 1. The van der Waals surface area contributed by atoms with Crippen molar-refractivity contribution in [2.75, 3.05) is 45.4 Å². The highest BCUT2D eigenvalue weighted by Gasteiger charge is 2.25. The van der Waals surface area contributed by atoms with Crippen LogP contribution in [0.4, 0.5) is 5.69 Å². The van der Waals surface area contributed by atoms with Crippen LogP contribution >= 0.6 is 0 Å².